The molecule has 6 heteroatoms. The van der Waals surface area contributed by atoms with Crippen LogP contribution in [0.2, 0.25) is 5.02 Å². The third kappa shape index (κ3) is 4.16. The minimum absolute atomic E-state index is 0.126. The van der Waals surface area contributed by atoms with E-state index in [9.17, 15) is 4.79 Å². The van der Waals surface area contributed by atoms with Gasteiger partial charge in [-0.3, -0.25) is 9.36 Å². The zero-order valence-corrected chi connectivity index (χ0v) is 17.6. The zero-order chi connectivity index (χ0) is 20.4. The number of halogens is 1. The number of hydrogen-bond donors (Lipinski definition) is 0. The van der Waals surface area contributed by atoms with Crippen molar-refractivity contribution in [3.63, 3.8) is 0 Å². The predicted molar refractivity (Wildman–Crippen MR) is 120 cm³/mol. The van der Waals surface area contributed by atoms with E-state index in [1.54, 1.807) is 29.9 Å². The quantitative estimate of drug-likeness (QED) is 0.308. The lowest BCUT2D eigenvalue weighted by molar-refractivity contribution is 0.414. The average Bonchev–Trinajstić information content (AvgIpc) is 2.74. The van der Waals surface area contributed by atoms with E-state index in [0.717, 1.165) is 22.6 Å². The van der Waals surface area contributed by atoms with Crippen molar-refractivity contribution in [3.05, 3.63) is 93.2 Å². The van der Waals surface area contributed by atoms with Gasteiger partial charge in [0.15, 0.2) is 5.16 Å². The number of benzene rings is 3. The van der Waals surface area contributed by atoms with E-state index >= 15 is 0 Å². The predicted octanol–water partition coefficient (Wildman–Crippen LogP) is 5.65. The number of methoxy groups -OCH3 is 1. The molecular weight excluding hydrogens is 404 g/mol. The third-order valence-electron chi connectivity index (χ3n) is 4.62. The van der Waals surface area contributed by atoms with Crippen molar-refractivity contribution in [1.82, 2.24) is 9.55 Å². The van der Waals surface area contributed by atoms with Crippen molar-refractivity contribution >= 4 is 34.3 Å². The summed E-state index contributed by atoms with van der Waals surface area (Å²) < 4.78 is 6.88. The van der Waals surface area contributed by atoms with Crippen molar-refractivity contribution in [3.8, 4) is 11.4 Å². The monoisotopic (exact) mass is 422 g/mol. The fourth-order valence-electron chi connectivity index (χ4n) is 3.03. The van der Waals surface area contributed by atoms with Gasteiger partial charge in [-0.1, -0.05) is 53.2 Å². The smallest absolute Gasteiger partial charge is 0.266 e. The lowest BCUT2D eigenvalue weighted by Crippen LogP contribution is -2.21. The largest absolute Gasteiger partial charge is 0.497 e. The van der Waals surface area contributed by atoms with Crippen LogP contribution in [0.4, 0.5) is 0 Å². The maximum atomic E-state index is 13.3. The molecule has 0 aliphatic heterocycles. The van der Waals surface area contributed by atoms with E-state index in [1.165, 1.54) is 11.8 Å². The Morgan fingerprint density at radius 2 is 1.76 bits per heavy atom. The third-order valence-corrected chi connectivity index (χ3v) is 5.86. The lowest BCUT2D eigenvalue weighted by Gasteiger charge is -2.14. The summed E-state index contributed by atoms with van der Waals surface area (Å²) in [6.07, 6.45) is 0. The summed E-state index contributed by atoms with van der Waals surface area (Å²) in [5.74, 6) is 1.50. The van der Waals surface area contributed by atoms with E-state index in [-0.39, 0.29) is 5.56 Å². The van der Waals surface area contributed by atoms with Crippen LogP contribution >= 0.6 is 23.4 Å². The summed E-state index contributed by atoms with van der Waals surface area (Å²) >= 11 is 7.65. The van der Waals surface area contributed by atoms with Crippen molar-refractivity contribution in [2.75, 3.05) is 7.11 Å². The first-order chi connectivity index (χ1) is 14.0. The van der Waals surface area contributed by atoms with Gasteiger partial charge in [-0.15, -0.1) is 0 Å². The first-order valence-corrected chi connectivity index (χ1v) is 10.5. The Balaban J connectivity index is 1.80. The van der Waals surface area contributed by atoms with Crippen LogP contribution in [-0.4, -0.2) is 16.7 Å². The number of rotatable bonds is 5. The number of fused-ring (bicyclic) bond motifs is 1. The molecule has 0 unspecified atom stereocenters. The van der Waals surface area contributed by atoms with Crippen LogP contribution in [-0.2, 0) is 5.75 Å². The highest BCUT2D eigenvalue weighted by Crippen LogP contribution is 2.26. The molecule has 4 nitrogen and oxygen atoms in total. The van der Waals surface area contributed by atoms with Crippen molar-refractivity contribution in [2.24, 2.45) is 0 Å². The lowest BCUT2D eigenvalue weighted by atomic mass is 10.2. The van der Waals surface area contributed by atoms with Gasteiger partial charge < -0.3 is 4.74 Å². The molecular formula is C23H19ClN2O2S. The van der Waals surface area contributed by atoms with Crippen molar-refractivity contribution < 1.29 is 4.74 Å². The Kier molecular flexibility index (Phi) is 5.60. The van der Waals surface area contributed by atoms with Gasteiger partial charge in [0.25, 0.3) is 5.56 Å². The molecule has 0 saturated carbocycles. The van der Waals surface area contributed by atoms with Crippen LogP contribution in [0.3, 0.4) is 0 Å². The SMILES string of the molecule is COc1ccc(CSc2nc3ccc(Cl)cc3c(=O)n2-c2ccc(C)cc2)cc1. The molecule has 0 N–H and O–H groups in total. The summed E-state index contributed by atoms with van der Waals surface area (Å²) in [4.78, 5) is 18.1. The number of nitrogens with zero attached hydrogens (tertiary/aromatic N) is 2. The Hall–Kier alpha value is -2.76. The number of thioether (sulfide) groups is 1. The fourth-order valence-corrected chi connectivity index (χ4v) is 4.17. The van der Waals surface area contributed by atoms with Crippen LogP contribution in [0.1, 0.15) is 11.1 Å². The molecule has 29 heavy (non-hydrogen) atoms. The maximum Gasteiger partial charge on any atom is 0.266 e. The number of aryl methyl sites for hydroxylation is 1. The second kappa shape index (κ2) is 8.31. The molecule has 4 aromatic rings. The van der Waals surface area contributed by atoms with Gasteiger partial charge in [-0.25, -0.2) is 4.98 Å². The Morgan fingerprint density at radius 3 is 2.45 bits per heavy atom. The second-order valence-corrected chi connectivity index (χ2v) is 8.05. The normalized spacial score (nSPS) is 11.0. The number of aromatic nitrogens is 2. The van der Waals surface area contributed by atoms with Gasteiger partial charge in [0.2, 0.25) is 0 Å². The van der Waals surface area contributed by atoms with E-state index in [2.05, 4.69) is 0 Å². The van der Waals surface area contributed by atoms with Crippen LogP contribution in [0.5, 0.6) is 5.75 Å². The van der Waals surface area contributed by atoms with Gasteiger partial charge in [0.1, 0.15) is 5.75 Å². The molecule has 0 aliphatic carbocycles. The van der Waals surface area contributed by atoms with Crippen molar-refractivity contribution in [2.45, 2.75) is 17.8 Å². The Bertz CT molecular complexity index is 1220. The summed E-state index contributed by atoms with van der Waals surface area (Å²) in [7, 11) is 1.65. The van der Waals surface area contributed by atoms with Gasteiger partial charge in [-0.05, 0) is 55.0 Å². The average molecular weight is 423 g/mol. The first kappa shape index (κ1) is 19.6. The molecule has 0 saturated heterocycles. The van der Waals surface area contributed by atoms with Crippen LogP contribution in [0.25, 0.3) is 16.6 Å². The summed E-state index contributed by atoms with van der Waals surface area (Å²) in [5, 5.41) is 1.67. The van der Waals surface area contributed by atoms with Gasteiger partial charge in [-0.2, -0.15) is 0 Å². The molecule has 0 radical (unpaired) electrons. The topological polar surface area (TPSA) is 44.1 Å². The molecule has 0 aliphatic rings. The molecule has 0 fully saturated rings. The number of ether oxygens (including phenoxy) is 1. The summed E-state index contributed by atoms with van der Waals surface area (Å²) in [6, 6.07) is 21.0. The Labute approximate surface area is 178 Å². The van der Waals surface area contributed by atoms with Gasteiger partial charge >= 0.3 is 0 Å². The fraction of sp³-hybridized carbons (Fsp3) is 0.130. The van der Waals surface area contributed by atoms with E-state index in [0.29, 0.717) is 26.8 Å². The highest BCUT2D eigenvalue weighted by atomic mass is 35.5. The Morgan fingerprint density at radius 1 is 1.03 bits per heavy atom. The van der Waals surface area contributed by atoms with E-state index in [4.69, 9.17) is 21.3 Å². The second-order valence-electron chi connectivity index (χ2n) is 6.67. The minimum Gasteiger partial charge on any atom is -0.497 e. The van der Waals surface area contributed by atoms with E-state index < -0.39 is 0 Å². The maximum absolute atomic E-state index is 13.3. The van der Waals surface area contributed by atoms with Gasteiger partial charge in [0.05, 0.1) is 23.7 Å². The van der Waals surface area contributed by atoms with Crippen LogP contribution < -0.4 is 10.3 Å². The summed E-state index contributed by atoms with van der Waals surface area (Å²) in [6.45, 7) is 2.02. The minimum atomic E-state index is -0.126. The molecule has 0 atom stereocenters. The number of hydrogen-bond acceptors (Lipinski definition) is 4. The molecule has 0 bridgehead atoms. The van der Waals surface area contributed by atoms with E-state index in [1.807, 2.05) is 55.5 Å². The highest BCUT2D eigenvalue weighted by Gasteiger charge is 2.14. The molecule has 1 aromatic heterocycles. The first-order valence-electron chi connectivity index (χ1n) is 9.10. The molecule has 1 heterocycles. The standard InChI is InChI=1S/C23H19ClN2O2S/c1-15-3-8-18(9-4-15)26-22(27)20-13-17(24)7-12-21(20)25-23(26)29-14-16-5-10-19(28-2)11-6-16/h3-13H,14H2,1-2H3. The van der Waals surface area contributed by atoms with Crippen LogP contribution in [0.15, 0.2) is 76.7 Å². The zero-order valence-electron chi connectivity index (χ0n) is 16.1. The summed E-state index contributed by atoms with van der Waals surface area (Å²) in [5.41, 5.74) is 3.55. The van der Waals surface area contributed by atoms with Crippen molar-refractivity contribution in [1.29, 1.82) is 0 Å². The molecule has 4 rings (SSSR count). The van der Waals surface area contributed by atoms with Gasteiger partial charge in [0, 0.05) is 10.8 Å². The molecule has 146 valence electrons. The highest BCUT2D eigenvalue weighted by molar-refractivity contribution is 7.98. The molecule has 3 aromatic carbocycles. The van der Waals surface area contributed by atoms with Crippen LogP contribution in [0, 0.1) is 6.92 Å². The molecule has 0 amide bonds. The molecule has 0 spiro atoms.